The largest absolute Gasteiger partial charge is 0.378 e. The molecule has 3 aromatic carbocycles. The molecule has 43 heavy (non-hydrogen) atoms. The molecule has 1 heterocycles. The van der Waals surface area contributed by atoms with Gasteiger partial charge in [-0.3, -0.25) is 9.59 Å². The van der Waals surface area contributed by atoms with Crippen molar-refractivity contribution in [1.82, 2.24) is 15.5 Å². The highest BCUT2D eigenvalue weighted by Gasteiger charge is 2.29. The summed E-state index contributed by atoms with van der Waals surface area (Å²) in [6, 6.07) is 23.5. The third kappa shape index (κ3) is 9.88. The zero-order chi connectivity index (χ0) is 30.5. The van der Waals surface area contributed by atoms with Gasteiger partial charge in [-0.1, -0.05) is 78.9 Å². The second-order valence-corrected chi connectivity index (χ2v) is 11.7. The molecule has 0 aromatic heterocycles. The smallest absolute Gasteiger partial charge is 0.318 e. The maximum atomic E-state index is 13.6. The minimum atomic E-state index is -3.89. The maximum Gasteiger partial charge on any atom is 0.318 e. The lowest BCUT2D eigenvalue weighted by atomic mass is 10.0. The van der Waals surface area contributed by atoms with Crippen molar-refractivity contribution in [2.75, 3.05) is 32.9 Å². The molecule has 1 aliphatic heterocycles. The van der Waals surface area contributed by atoms with E-state index >= 15 is 0 Å². The third-order valence-corrected chi connectivity index (χ3v) is 8.16. The minimum Gasteiger partial charge on any atom is -0.378 e. The van der Waals surface area contributed by atoms with Crippen molar-refractivity contribution in [1.29, 1.82) is 0 Å². The first-order valence-electron chi connectivity index (χ1n) is 13.9. The molecule has 0 radical (unpaired) electrons. The van der Waals surface area contributed by atoms with Crippen LogP contribution < -0.4 is 10.6 Å². The van der Waals surface area contributed by atoms with Crippen LogP contribution in [0, 0.1) is 0 Å². The number of morpholine rings is 1. The zero-order valence-corrected chi connectivity index (χ0v) is 24.4. The number of amides is 3. The summed E-state index contributed by atoms with van der Waals surface area (Å²) in [4.78, 5) is 41.5. The van der Waals surface area contributed by atoms with E-state index in [1.165, 1.54) is 12.1 Å². The molecule has 0 saturated carbocycles. The number of carbonyl (C=O) groups excluding carboxylic acids is 3. The Morgan fingerprint density at radius 1 is 0.814 bits per heavy atom. The molecule has 4 rings (SSSR count). The molecule has 1 aliphatic rings. The molecule has 10 nitrogen and oxygen atoms in total. The van der Waals surface area contributed by atoms with Gasteiger partial charge in [0.25, 0.3) is 0 Å². The Hall–Kier alpha value is -4.32. The molecular weight excluding hydrogens is 570 g/mol. The second-order valence-electron chi connectivity index (χ2n) is 9.92. The van der Waals surface area contributed by atoms with E-state index in [2.05, 4.69) is 10.6 Å². The van der Waals surface area contributed by atoms with Crippen molar-refractivity contribution in [3.8, 4) is 0 Å². The van der Waals surface area contributed by atoms with E-state index in [1.54, 1.807) is 23.1 Å². The van der Waals surface area contributed by atoms with E-state index in [4.69, 9.17) is 9.47 Å². The highest BCUT2D eigenvalue weighted by molar-refractivity contribution is 7.94. The summed E-state index contributed by atoms with van der Waals surface area (Å²) in [6.07, 6.45) is 1.10. The Labute approximate surface area is 251 Å². The second kappa shape index (κ2) is 15.8. The number of benzene rings is 3. The quantitative estimate of drug-likeness (QED) is 0.287. The zero-order valence-electron chi connectivity index (χ0n) is 23.6. The molecule has 0 aliphatic carbocycles. The van der Waals surface area contributed by atoms with Gasteiger partial charge < -0.3 is 25.0 Å². The average molecular weight is 606 g/mol. The Bertz CT molecular complexity index is 1480. The maximum absolute atomic E-state index is 13.6. The Kier molecular flexibility index (Phi) is 11.6. The molecule has 1 fully saturated rings. The van der Waals surface area contributed by atoms with Gasteiger partial charge in [-0.25, -0.2) is 13.2 Å². The SMILES string of the molecule is O=C(/C=C/S(=O)(=O)c1ccccc1)[C@H](COCc1ccccc1)NC(=O)[C@H](Cc1ccccc1)NC(=O)N1CCOCC1. The van der Waals surface area contributed by atoms with Crippen LogP contribution >= 0.6 is 0 Å². The van der Waals surface area contributed by atoms with E-state index in [0.717, 1.165) is 22.6 Å². The fraction of sp³-hybridized carbons (Fsp3) is 0.281. The number of carbonyl (C=O) groups is 3. The number of rotatable bonds is 13. The Balaban J connectivity index is 1.51. The number of hydrogen-bond donors (Lipinski definition) is 2. The molecule has 2 atom stereocenters. The van der Waals surface area contributed by atoms with Crippen molar-refractivity contribution in [2.45, 2.75) is 30.0 Å². The highest BCUT2D eigenvalue weighted by Crippen LogP contribution is 2.12. The number of nitrogens with zero attached hydrogens (tertiary/aromatic N) is 1. The van der Waals surface area contributed by atoms with Crippen LogP contribution in [0.5, 0.6) is 0 Å². The normalized spacial score (nSPS) is 15.0. The van der Waals surface area contributed by atoms with E-state index in [9.17, 15) is 22.8 Å². The van der Waals surface area contributed by atoms with Gasteiger partial charge in [0.05, 0.1) is 31.3 Å². The minimum absolute atomic E-state index is 0.0358. The van der Waals surface area contributed by atoms with E-state index in [0.29, 0.717) is 26.3 Å². The van der Waals surface area contributed by atoms with Crippen molar-refractivity contribution in [3.63, 3.8) is 0 Å². The van der Waals surface area contributed by atoms with Crippen LogP contribution in [0.2, 0.25) is 0 Å². The Morgan fingerprint density at radius 2 is 1.40 bits per heavy atom. The van der Waals surface area contributed by atoms with E-state index in [-0.39, 0.29) is 24.5 Å². The van der Waals surface area contributed by atoms with Crippen LogP contribution in [0.1, 0.15) is 11.1 Å². The number of ether oxygens (including phenoxy) is 2. The summed E-state index contributed by atoms with van der Waals surface area (Å²) in [6.45, 7) is 1.53. The molecule has 11 heteroatoms. The van der Waals surface area contributed by atoms with Gasteiger partial charge in [0.1, 0.15) is 12.1 Å². The van der Waals surface area contributed by atoms with E-state index in [1.807, 2.05) is 60.7 Å². The molecule has 226 valence electrons. The van der Waals surface area contributed by atoms with Crippen LogP contribution in [0.25, 0.3) is 0 Å². The first-order chi connectivity index (χ1) is 20.8. The van der Waals surface area contributed by atoms with Crippen molar-refractivity contribution < 1.29 is 32.3 Å². The van der Waals surface area contributed by atoms with Gasteiger partial charge in [0, 0.05) is 24.9 Å². The van der Waals surface area contributed by atoms with Crippen LogP contribution in [0.15, 0.2) is 107 Å². The molecule has 2 N–H and O–H groups in total. The number of urea groups is 1. The van der Waals surface area contributed by atoms with Gasteiger partial charge in [0.2, 0.25) is 5.91 Å². The summed E-state index contributed by atoms with van der Waals surface area (Å²) >= 11 is 0. The van der Waals surface area contributed by atoms with Crippen molar-refractivity contribution in [2.24, 2.45) is 0 Å². The van der Waals surface area contributed by atoms with Crippen LogP contribution in [0.3, 0.4) is 0 Å². The summed E-state index contributed by atoms with van der Waals surface area (Å²) in [5, 5.41) is 6.30. The average Bonchev–Trinajstić information content (AvgIpc) is 3.04. The fourth-order valence-electron chi connectivity index (χ4n) is 4.36. The lowest BCUT2D eigenvalue weighted by Gasteiger charge is -2.29. The Morgan fingerprint density at radius 3 is 2.02 bits per heavy atom. The number of sulfone groups is 1. The topological polar surface area (TPSA) is 131 Å². The van der Waals surface area contributed by atoms with Gasteiger partial charge in [-0.05, 0) is 29.3 Å². The van der Waals surface area contributed by atoms with Crippen LogP contribution in [0.4, 0.5) is 4.79 Å². The van der Waals surface area contributed by atoms with Gasteiger partial charge in [-0.2, -0.15) is 0 Å². The van der Waals surface area contributed by atoms with Gasteiger partial charge in [-0.15, -0.1) is 0 Å². The molecule has 0 bridgehead atoms. The van der Waals surface area contributed by atoms with Gasteiger partial charge in [0.15, 0.2) is 15.6 Å². The predicted molar refractivity (Wildman–Crippen MR) is 161 cm³/mol. The predicted octanol–water partition coefficient (Wildman–Crippen LogP) is 2.90. The molecule has 0 spiro atoms. The standard InChI is InChI=1S/C32H35N3O7S/c36-30(16-21-43(39,40)27-14-8-3-9-15-27)29(24-42-23-26-12-6-2-7-13-26)33-31(37)28(22-25-10-4-1-5-11-25)34-32(38)35-17-19-41-20-18-35/h1-16,21,28-29H,17-20,22-24H2,(H,33,37)(H,34,38)/b21-16+/t28-,29-/m0/s1. The summed E-state index contributed by atoms with van der Waals surface area (Å²) in [7, 11) is -3.89. The van der Waals surface area contributed by atoms with Gasteiger partial charge >= 0.3 is 6.03 Å². The highest BCUT2D eigenvalue weighted by atomic mass is 32.2. The number of nitrogens with one attached hydrogen (secondary N) is 2. The fourth-order valence-corrected chi connectivity index (χ4v) is 5.37. The van der Waals surface area contributed by atoms with Crippen molar-refractivity contribution >= 4 is 27.6 Å². The lowest BCUT2D eigenvalue weighted by Crippen LogP contribution is -2.56. The van der Waals surface area contributed by atoms with Crippen LogP contribution in [-0.4, -0.2) is 76.0 Å². The molecule has 1 saturated heterocycles. The first-order valence-corrected chi connectivity index (χ1v) is 15.5. The molecular formula is C32H35N3O7S. The molecule has 0 unspecified atom stereocenters. The molecule has 3 aromatic rings. The van der Waals surface area contributed by atoms with Crippen LogP contribution in [-0.2, 0) is 41.9 Å². The lowest BCUT2D eigenvalue weighted by molar-refractivity contribution is -0.128. The third-order valence-electron chi connectivity index (χ3n) is 6.73. The first kappa shape index (κ1) is 31.6. The summed E-state index contributed by atoms with van der Waals surface area (Å²) < 4.78 is 36.6. The summed E-state index contributed by atoms with van der Waals surface area (Å²) in [5.41, 5.74) is 1.67. The van der Waals surface area contributed by atoms with E-state index < -0.39 is 39.6 Å². The molecule has 3 amide bonds. The van der Waals surface area contributed by atoms with Crippen molar-refractivity contribution in [3.05, 3.63) is 114 Å². The number of hydrogen-bond acceptors (Lipinski definition) is 7. The monoisotopic (exact) mass is 605 g/mol. The number of ketones is 1. The summed E-state index contributed by atoms with van der Waals surface area (Å²) in [5.74, 6) is -1.27.